The molecule has 1 saturated carbocycles. The van der Waals surface area contributed by atoms with Gasteiger partial charge in [-0.25, -0.2) is 0 Å². The third kappa shape index (κ3) is 4.38. The molecule has 5 nitrogen and oxygen atoms in total. The topological polar surface area (TPSA) is 52.7 Å². The molecule has 2 amide bonds. The highest BCUT2D eigenvalue weighted by Gasteiger charge is 2.38. The van der Waals surface area contributed by atoms with E-state index in [0.717, 1.165) is 51.1 Å². The van der Waals surface area contributed by atoms with Gasteiger partial charge in [-0.05, 0) is 25.9 Å². The van der Waals surface area contributed by atoms with Gasteiger partial charge in [0.05, 0.1) is 5.88 Å². The Bertz CT molecular complexity index is 382. The molecule has 1 saturated heterocycles. The molecule has 2 aliphatic rings. The minimum absolute atomic E-state index is 0.0171. The average molecular weight is 327 g/mol. The number of likely N-dealkylation sites (N-methyl/N-ethyl adjacent to an activating group) is 1. The Balaban J connectivity index is 1.81. The van der Waals surface area contributed by atoms with Crippen LogP contribution in [0.1, 0.15) is 39.5 Å². The van der Waals surface area contributed by atoms with E-state index >= 15 is 0 Å². The van der Waals surface area contributed by atoms with Gasteiger partial charge in [-0.15, -0.1) is 11.8 Å². The van der Waals surface area contributed by atoms with Crippen molar-refractivity contribution >= 4 is 23.6 Å². The molecule has 1 heterocycles. The van der Waals surface area contributed by atoms with Crippen LogP contribution in [-0.4, -0.2) is 65.5 Å². The molecule has 0 aromatic heterocycles. The van der Waals surface area contributed by atoms with E-state index in [1.54, 1.807) is 11.8 Å². The van der Waals surface area contributed by atoms with Gasteiger partial charge in [0.1, 0.15) is 6.04 Å². The standard InChI is InChI=1S/C16H29N3O2S/c1-3-18(4-2)10-9-17-15(20)14-11-22-12-19(14)16(21)13-7-5-6-8-13/h13-14H,3-12H2,1-2H3,(H,17,20)/t14-/m1/s1. The predicted molar refractivity (Wildman–Crippen MR) is 90.7 cm³/mol. The molecule has 0 aromatic rings. The molecule has 22 heavy (non-hydrogen) atoms. The van der Waals surface area contributed by atoms with Gasteiger partial charge in [-0.3, -0.25) is 9.59 Å². The summed E-state index contributed by atoms with van der Waals surface area (Å²) in [6, 6.07) is -0.269. The van der Waals surface area contributed by atoms with Crippen LogP contribution in [0.4, 0.5) is 0 Å². The first-order valence-electron chi connectivity index (χ1n) is 8.55. The van der Waals surface area contributed by atoms with E-state index in [9.17, 15) is 9.59 Å². The lowest BCUT2D eigenvalue weighted by Crippen LogP contribution is -2.49. The van der Waals surface area contributed by atoms with Crippen molar-refractivity contribution in [3.63, 3.8) is 0 Å². The smallest absolute Gasteiger partial charge is 0.243 e. The number of amides is 2. The van der Waals surface area contributed by atoms with E-state index in [1.807, 2.05) is 4.90 Å². The number of hydrogen-bond donors (Lipinski definition) is 1. The number of nitrogens with zero attached hydrogens (tertiary/aromatic N) is 2. The van der Waals surface area contributed by atoms with Gasteiger partial charge in [0.25, 0.3) is 0 Å². The summed E-state index contributed by atoms with van der Waals surface area (Å²) in [6.45, 7) is 7.78. The molecular weight excluding hydrogens is 298 g/mol. The minimum Gasteiger partial charge on any atom is -0.353 e. The fourth-order valence-corrected chi connectivity index (χ4v) is 4.44. The molecule has 0 radical (unpaired) electrons. The second kappa shape index (κ2) is 8.77. The summed E-state index contributed by atoms with van der Waals surface area (Å²) in [5.41, 5.74) is 0. The SMILES string of the molecule is CCN(CC)CCNC(=O)[C@H]1CSCN1C(=O)C1CCCC1. The Labute approximate surface area is 138 Å². The molecular formula is C16H29N3O2S. The molecule has 2 fully saturated rings. The summed E-state index contributed by atoms with van der Waals surface area (Å²) < 4.78 is 0. The van der Waals surface area contributed by atoms with E-state index in [1.165, 1.54) is 0 Å². The molecule has 1 N–H and O–H groups in total. The number of thioether (sulfide) groups is 1. The van der Waals surface area contributed by atoms with Crippen molar-refractivity contribution in [2.75, 3.05) is 37.8 Å². The lowest BCUT2D eigenvalue weighted by molar-refractivity contribution is -0.141. The van der Waals surface area contributed by atoms with Gasteiger partial charge in [0.15, 0.2) is 0 Å². The highest BCUT2D eigenvalue weighted by atomic mass is 32.2. The van der Waals surface area contributed by atoms with E-state index in [-0.39, 0.29) is 23.8 Å². The van der Waals surface area contributed by atoms with Crippen molar-refractivity contribution < 1.29 is 9.59 Å². The number of nitrogens with one attached hydrogen (secondary N) is 1. The molecule has 0 aromatic carbocycles. The largest absolute Gasteiger partial charge is 0.353 e. The Hall–Kier alpha value is -0.750. The van der Waals surface area contributed by atoms with E-state index in [0.29, 0.717) is 12.4 Å². The van der Waals surface area contributed by atoms with Crippen LogP contribution in [0, 0.1) is 5.92 Å². The fraction of sp³-hybridized carbons (Fsp3) is 0.875. The molecule has 1 atom stereocenters. The number of hydrogen-bond acceptors (Lipinski definition) is 4. The summed E-state index contributed by atoms with van der Waals surface area (Å²) >= 11 is 1.69. The van der Waals surface area contributed by atoms with Crippen LogP contribution in [0.3, 0.4) is 0 Å². The van der Waals surface area contributed by atoms with Crippen LogP contribution >= 0.6 is 11.8 Å². The van der Waals surface area contributed by atoms with Gasteiger partial charge in [-0.2, -0.15) is 0 Å². The number of rotatable bonds is 7. The summed E-state index contributed by atoms with van der Waals surface area (Å²) in [5, 5.41) is 3.01. The zero-order chi connectivity index (χ0) is 15.9. The first-order valence-corrected chi connectivity index (χ1v) is 9.71. The second-order valence-corrected chi connectivity index (χ2v) is 7.12. The van der Waals surface area contributed by atoms with Crippen LogP contribution in [0.5, 0.6) is 0 Å². The highest BCUT2D eigenvalue weighted by molar-refractivity contribution is 7.99. The Kier molecular flexibility index (Phi) is 7.02. The zero-order valence-corrected chi connectivity index (χ0v) is 14.7. The summed E-state index contributed by atoms with van der Waals surface area (Å²) in [5.74, 6) is 1.78. The number of carbonyl (C=O) groups excluding carboxylic acids is 2. The molecule has 1 aliphatic carbocycles. The maximum absolute atomic E-state index is 12.6. The summed E-state index contributed by atoms with van der Waals surface area (Å²) in [7, 11) is 0. The van der Waals surface area contributed by atoms with Crippen LogP contribution < -0.4 is 5.32 Å². The third-order valence-corrected chi connectivity index (χ3v) is 5.81. The third-order valence-electron chi connectivity index (χ3n) is 4.79. The first kappa shape index (κ1) is 17.6. The predicted octanol–water partition coefficient (Wildman–Crippen LogP) is 1.54. The lowest BCUT2D eigenvalue weighted by atomic mass is 10.1. The molecule has 0 bridgehead atoms. The highest BCUT2D eigenvalue weighted by Crippen LogP contribution is 2.30. The van der Waals surface area contributed by atoms with Crippen molar-refractivity contribution in [2.45, 2.75) is 45.6 Å². The van der Waals surface area contributed by atoms with E-state index in [4.69, 9.17) is 0 Å². The monoisotopic (exact) mass is 327 g/mol. The van der Waals surface area contributed by atoms with Crippen molar-refractivity contribution in [2.24, 2.45) is 5.92 Å². The molecule has 0 spiro atoms. The van der Waals surface area contributed by atoms with Crippen LogP contribution in [0.25, 0.3) is 0 Å². The van der Waals surface area contributed by atoms with Gasteiger partial charge in [-0.1, -0.05) is 26.7 Å². The van der Waals surface area contributed by atoms with Gasteiger partial charge >= 0.3 is 0 Å². The van der Waals surface area contributed by atoms with E-state index in [2.05, 4.69) is 24.1 Å². The Morgan fingerprint density at radius 1 is 1.23 bits per heavy atom. The second-order valence-electron chi connectivity index (χ2n) is 6.12. The lowest BCUT2D eigenvalue weighted by Gasteiger charge is -2.26. The van der Waals surface area contributed by atoms with Crippen LogP contribution in [0.2, 0.25) is 0 Å². The van der Waals surface area contributed by atoms with Crippen molar-refractivity contribution in [1.82, 2.24) is 15.1 Å². The van der Waals surface area contributed by atoms with Crippen molar-refractivity contribution in [1.29, 1.82) is 0 Å². The molecule has 1 aliphatic heterocycles. The quantitative estimate of drug-likeness (QED) is 0.771. The summed E-state index contributed by atoms with van der Waals surface area (Å²) in [6.07, 6.45) is 4.29. The summed E-state index contributed by atoms with van der Waals surface area (Å²) in [4.78, 5) is 29.1. The average Bonchev–Trinajstić information content (AvgIpc) is 3.22. The number of carbonyl (C=O) groups is 2. The molecule has 0 unspecified atom stereocenters. The fourth-order valence-electron chi connectivity index (χ4n) is 3.28. The van der Waals surface area contributed by atoms with Crippen LogP contribution in [-0.2, 0) is 9.59 Å². The van der Waals surface area contributed by atoms with Crippen molar-refractivity contribution in [3.8, 4) is 0 Å². The van der Waals surface area contributed by atoms with Gasteiger partial charge < -0.3 is 15.1 Å². The van der Waals surface area contributed by atoms with Crippen molar-refractivity contribution in [3.05, 3.63) is 0 Å². The Morgan fingerprint density at radius 2 is 1.91 bits per heavy atom. The molecule has 6 heteroatoms. The Morgan fingerprint density at radius 3 is 2.55 bits per heavy atom. The van der Waals surface area contributed by atoms with Gasteiger partial charge in [0.2, 0.25) is 11.8 Å². The van der Waals surface area contributed by atoms with Crippen LogP contribution in [0.15, 0.2) is 0 Å². The zero-order valence-electron chi connectivity index (χ0n) is 13.8. The maximum Gasteiger partial charge on any atom is 0.243 e. The van der Waals surface area contributed by atoms with Gasteiger partial charge in [0, 0.05) is 24.8 Å². The maximum atomic E-state index is 12.6. The first-order chi connectivity index (χ1) is 10.7. The van der Waals surface area contributed by atoms with E-state index < -0.39 is 0 Å². The normalized spacial score (nSPS) is 22.5. The minimum atomic E-state index is -0.269. The molecule has 126 valence electrons. The molecule has 2 rings (SSSR count).